The van der Waals surface area contributed by atoms with Gasteiger partial charge >= 0.3 is 0 Å². The van der Waals surface area contributed by atoms with Crippen LogP contribution >= 0.6 is 11.6 Å². The fraction of sp³-hybridized carbons (Fsp3) is 0.625. The lowest BCUT2D eigenvalue weighted by atomic mass is 10.0. The molecule has 0 spiro atoms. The molecule has 1 aromatic rings. The van der Waals surface area contributed by atoms with Gasteiger partial charge in [0.2, 0.25) is 0 Å². The van der Waals surface area contributed by atoms with Crippen LogP contribution in [-0.2, 0) is 0 Å². The Morgan fingerprint density at radius 3 is 2.37 bits per heavy atom. The van der Waals surface area contributed by atoms with Crippen LogP contribution in [0, 0.1) is 5.92 Å². The highest BCUT2D eigenvalue weighted by molar-refractivity contribution is 6.30. The van der Waals surface area contributed by atoms with E-state index in [-0.39, 0.29) is 0 Å². The minimum atomic E-state index is 0.337. The molecule has 0 aliphatic heterocycles. The normalized spacial score (nSPS) is 17.2. The Labute approximate surface area is 121 Å². The fourth-order valence-corrected chi connectivity index (χ4v) is 2.68. The highest BCUT2D eigenvalue weighted by Gasteiger charge is 2.33. The van der Waals surface area contributed by atoms with Gasteiger partial charge < -0.3 is 5.73 Å². The molecule has 19 heavy (non-hydrogen) atoms. The molecule has 1 aliphatic carbocycles. The summed E-state index contributed by atoms with van der Waals surface area (Å²) in [6, 6.07) is 9.24. The Balaban J connectivity index is 2.10. The maximum Gasteiger partial charge on any atom is 0.0473 e. The molecule has 2 N–H and O–H groups in total. The molecular formula is C16H25ClN2. The molecule has 1 saturated carbocycles. The van der Waals surface area contributed by atoms with Crippen LogP contribution in [0.3, 0.4) is 0 Å². The Hall–Kier alpha value is -0.570. The van der Waals surface area contributed by atoms with Crippen LogP contribution < -0.4 is 5.73 Å². The number of benzene rings is 1. The maximum absolute atomic E-state index is 6.04. The summed E-state index contributed by atoms with van der Waals surface area (Å²) in [6.07, 6.45) is 3.88. The number of nitrogens with two attached hydrogens (primary N) is 1. The molecule has 2 rings (SSSR count). The number of halogens is 1. The van der Waals surface area contributed by atoms with E-state index in [2.05, 4.69) is 30.9 Å². The van der Waals surface area contributed by atoms with Crippen molar-refractivity contribution in [3.8, 4) is 0 Å². The van der Waals surface area contributed by atoms with E-state index >= 15 is 0 Å². The maximum atomic E-state index is 6.04. The molecule has 0 radical (unpaired) electrons. The standard InChI is InChI=1S/C16H25ClN2/c1-12(2)9-10-19(15-7-8-15)16(11-18)13-3-5-14(17)6-4-13/h3-6,12,15-16H,7-11,18H2,1-2H3. The van der Waals surface area contributed by atoms with Gasteiger partial charge in [0.05, 0.1) is 0 Å². The molecule has 106 valence electrons. The van der Waals surface area contributed by atoms with Crippen molar-refractivity contribution in [1.29, 1.82) is 0 Å². The highest BCUT2D eigenvalue weighted by Crippen LogP contribution is 2.34. The fourth-order valence-electron chi connectivity index (χ4n) is 2.55. The van der Waals surface area contributed by atoms with Crippen molar-refractivity contribution in [3.63, 3.8) is 0 Å². The number of rotatable bonds is 7. The van der Waals surface area contributed by atoms with Gasteiger partial charge in [0, 0.05) is 23.7 Å². The van der Waals surface area contributed by atoms with Gasteiger partial charge in [0.15, 0.2) is 0 Å². The highest BCUT2D eigenvalue weighted by atomic mass is 35.5. The van der Waals surface area contributed by atoms with Crippen LogP contribution in [-0.4, -0.2) is 24.0 Å². The molecule has 0 bridgehead atoms. The van der Waals surface area contributed by atoms with E-state index in [1.807, 2.05) is 12.1 Å². The topological polar surface area (TPSA) is 29.3 Å². The van der Waals surface area contributed by atoms with Gasteiger partial charge in [0.25, 0.3) is 0 Å². The zero-order valence-electron chi connectivity index (χ0n) is 12.0. The third-order valence-corrected chi connectivity index (χ3v) is 4.11. The second-order valence-corrected chi connectivity index (χ2v) is 6.39. The summed E-state index contributed by atoms with van der Waals surface area (Å²) < 4.78 is 0. The van der Waals surface area contributed by atoms with Crippen LogP contribution in [0.25, 0.3) is 0 Å². The minimum Gasteiger partial charge on any atom is -0.329 e. The van der Waals surface area contributed by atoms with Gasteiger partial charge in [-0.25, -0.2) is 0 Å². The third kappa shape index (κ3) is 4.20. The largest absolute Gasteiger partial charge is 0.329 e. The molecule has 1 aliphatic rings. The minimum absolute atomic E-state index is 0.337. The van der Waals surface area contributed by atoms with Crippen molar-refractivity contribution in [2.75, 3.05) is 13.1 Å². The summed E-state index contributed by atoms with van der Waals surface area (Å²) in [5.74, 6) is 0.741. The van der Waals surface area contributed by atoms with E-state index in [4.69, 9.17) is 17.3 Å². The Bertz CT molecular complexity index is 384. The number of hydrogen-bond acceptors (Lipinski definition) is 2. The molecular weight excluding hydrogens is 256 g/mol. The van der Waals surface area contributed by atoms with Crippen LogP contribution in [0.4, 0.5) is 0 Å². The van der Waals surface area contributed by atoms with Crippen LogP contribution in [0.1, 0.15) is 44.7 Å². The summed E-state index contributed by atoms with van der Waals surface area (Å²) in [4.78, 5) is 2.60. The molecule has 1 fully saturated rings. The first-order valence-electron chi connectivity index (χ1n) is 7.33. The lowest BCUT2D eigenvalue weighted by Crippen LogP contribution is -2.36. The Morgan fingerprint density at radius 1 is 1.26 bits per heavy atom. The monoisotopic (exact) mass is 280 g/mol. The van der Waals surface area contributed by atoms with Gasteiger partial charge in [-0.15, -0.1) is 0 Å². The summed E-state index contributed by atoms with van der Waals surface area (Å²) in [7, 11) is 0. The molecule has 1 unspecified atom stereocenters. The second-order valence-electron chi connectivity index (χ2n) is 5.95. The number of hydrogen-bond donors (Lipinski definition) is 1. The van der Waals surface area contributed by atoms with Crippen LogP contribution in [0.5, 0.6) is 0 Å². The van der Waals surface area contributed by atoms with Gasteiger partial charge in [-0.1, -0.05) is 37.6 Å². The summed E-state index contributed by atoms with van der Waals surface area (Å²) >= 11 is 5.97. The van der Waals surface area contributed by atoms with Crippen molar-refractivity contribution in [2.24, 2.45) is 11.7 Å². The van der Waals surface area contributed by atoms with Crippen LogP contribution in [0.2, 0.25) is 5.02 Å². The van der Waals surface area contributed by atoms with Gasteiger partial charge in [0.1, 0.15) is 0 Å². The molecule has 1 atom stereocenters. The zero-order valence-corrected chi connectivity index (χ0v) is 12.7. The predicted molar refractivity (Wildman–Crippen MR) is 82.4 cm³/mol. The molecule has 0 heterocycles. The van der Waals surface area contributed by atoms with E-state index in [0.29, 0.717) is 12.6 Å². The average Bonchev–Trinajstić information content (AvgIpc) is 3.20. The molecule has 0 aromatic heterocycles. The van der Waals surface area contributed by atoms with Crippen LogP contribution in [0.15, 0.2) is 24.3 Å². The summed E-state index contributed by atoms with van der Waals surface area (Å²) in [6.45, 7) is 6.39. The predicted octanol–water partition coefficient (Wildman–Crippen LogP) is 3.85. The molecule has 0 amide bonds. The third-order valence-electron chi connectivity index (χ3n) is 3.86. The van der Waals surface area contributed by atoms with Crippen molar-refractivity contribution in [1.82, 2.24) is 4.90 Å². The molecule has 3 heteroatoms. The number of nitrogens with zero attached hydrogens (tertiary/aromatic N) is 1. The van der Waals surface area contributed by atoms with E-state index in [0.717, 1.165) is 23.5 Å². The van der Waals surface area contributed by atoms with Gasteiger partial charge in [-0.3, -0.25) is 4.90 Å². The first-order valence-corrected chi connectivity index (χ1v) is 7.71. The van der Waals surface area contributed by atoms with Crippen molar-refractivity contribution < 1.29 is 0 Å². The molecule has 2 nitrogen and oxygen atoms in total. The first kappa shape index (κ1) is 14.8. The summed E-state index contributed by atoms with van der Waals surface area (Å²) in [5.41, 5.74) is 7.34. The van der Waals surface area contributed by atoms with E-state index < -0.39 is 0 Å². The lowest BCUT2D eigenvalue weighted by Gasteiger charge is -2.32. The summed E-state index contributed by atoms with van der Waals surface area (Å²) in [5, 5.41) is 0.791. The van der Waals surface area contributed by atoms with E-state index in [1.165, 1.54) is 24.8 Å². The lowest BCUT2D eigenvalue weighted by molar-refractivity contribution is 0.181. The smallest absolute Gasteiger partial charge is 0.0473 e. The molecule has 0 saturated heterocycles. The Morgan fingerprint density at radius 2 is 1.89 bits per heavy atom. The quantitative estimate of drug-likeness (QED) is 0.822. The van der Waals surface area contributed by atoms with E-state index in [1.54, 1.807) is 0 Å². The Kier molecular flexibility index (Phi) is 5.26. The van der Waals surface area contributed by atoms with Crippen molar-refractivity contribution in [3.05, 3.63) is 34.9 Å². The SMILES string of the molecule is CC(C)CCN(C1CC1)C(CN)c1ccc(Cl)cc1. The average molecular weight is 281 g/mol. The van der Waals surface area contributed by atoms with E-state index in [9.17, 15) is 0 Å². The van der Waals surface area contributed by atoms with Gasteiger partial charge in [-0.2, -0.15) is 0 Å². The first-order chi connectivity index (χ1) is 9.11. The second kappa shape index (κ2) is 6.74. The van der Waals surface area contributed by atoms with Gasteiger partial charge in [-0.05, 0) is 49.4 Å². The zero-order chi connectivity index (χ0) is 13.8. The molecule has 1 aromatic carbocycles. The van der Waals surface area contributed by atoms with Crippen molar-refractivity contribution >= 4 is 11.6 Å². The van der Waals surface area contributed by atoms with Crippen molar-refractivity contribution in [2.45, 2.75) is 45.2 Å².